The third kappa shape index (κ3) is 3.42. The quantitative estimate of drug-likeness (QED) is 0.489. The van der Waals surface area contributed by atoms with Gasteiger partial charge in [0.25, 0.3) is 5.91 Å². The van der Waals surface area contributed by atoms with Crippen LogP contribution in [0.15, 0.2) is 23.9 Å². The fourth-order valence-electron chi connectivity index (χ4n) is 2.02. The van der Waals surface area contributed by atoms with E-state index in [0.29, 0.717) is 17.1 Å². The Hall–Kier alpha value is -3.03. The molecule has 8 heteroatoms. The average molecular weight is 320 g/mol. The van der Waals surface area contributed by atoms with E-state index in [1.807, 2.05) is 0 Å². The summed E-state index contributed by atoms with van der Waals surface area (Å²) < 4.78 is 14.8. The third-order valence-corrected chi connectivity index (χ3v) is 3.20. The smallest absolute Gasteiger partial charge is 0.329 e. The minimum Gasteiger partial charge on any atom is -0.493 e. The number of nitrogens with one attached hydrogen (secondary N) is 1. The zero-order valence-electron chi connectivity index (χ0n) is 12.9. The van der Waals surface area contributed by atoms with Crippen LogP contribution in [0.1, 0.15) is 5.56 Å². The third-order valence-electron chi connectivity index (χ3n) is 3.20. The van der Waals surface area contributed by atoms with Gasteiger partial charge in [0.1, 0.15) is 12.2 Å². The number of carbonyl (C=O) groups is 3. The van der Waals surface area contributed by atoms with Gasteiger partial charge in [0.15, 0.2) is 11.5 Å². The summed E-state index contributed by atoms with van der Waals surface area (Å²) in [4.78, 5) is 35.9. The second-order valence-corrected chi connectivity index (χ2v) is 4.57. The molecule has 1 aromatic carbocycles. The Balaban J connectivity index is 2.25. The number of ether oxygens (including phenoxy) is 3. The number of nitrogens with zero attached hydrogens (tertiary/aromatic N) is 1. The molecule has 0 aromatic heterocycles. The second kappa shape index (κ2) is 6.82. The molecule has 3 amide bonds. The molecule has 2 rings (SSSR count). The number of rotatable bonds is 5. The van der Waals surface area contributed by atoms with Gasteiger partial charge in [-0.2, -0.15) is 0 Å². The van der Waals surface area contributed by atoms with E-state index in [2.05, 4.69) is 10.1 Å². The van der Waals surface area contributed by atoms with Crippen molar-refractivity contribution in [2.75, 3.05) is 27.9 Å². The van der Waals surface area contributed by atoms with Crippen LogP contribution in [-0.2, 0) is 14.3 Å². The van der Waals surface area contributed by atoms with Crippen LogP contribution < -0.4 is 14.8 Å². The first-order valence-corrected chi connectivity index (χ1v) is 6.63. The van der Waals surface area contributed by atoms with E-state index in [4.69, 9.17) is 9.47 Å². The lowest BCUT2D eigenvalue weighted by Gasteiger charge is -2.09. The van der Waals surface area contributed by atoms with Gasteiger partial charge in [-0.3, -0.25) is 9.59 Å². The van der Waals surface area contributed by atoms with Crippen LogP contribution in [0.25, 0.3) is 6.08 Å². The highest BCUT2D eigenvalue weighted by Gasteiger charge is 2.35. The maximum Gasteiger partial charge on any atom is 0.329 e. The molecule has 1 aromatic rings. The Labute approximate surface area is 132 Å². The number of carbonyl (C=O) groups excluding carboxylic acids is 3. The number of imide groups is 1. The lowest BCUT2D eigenvalue weighted by atomic mass is 10.1. The molecule has 1 aliphatic heterocycles. The van der Waals surface area contributed by atoms with E-state index in [-0.39, 0.29) is 5.70 Å². The predicted octanol–water partition coefficient (Wildman–Crippen LogP) is 0.769. The second-order valence-electron chi connectivity index (χ2n) is 4.57. The SMILES string of the molecule is COC(=O)CN1C(=O)NC(=Cc2ccc(OC)c(OC)c2)C1=O. The number of methoxy groups -OCH3 is 3. The Bertz CT molecular complexity index is 683. The van der Waals surface area contributed by atoms with Crippen LogP contribution in [0.4, 0.5) is 4.79 Å². The van der Waals surface area contributed by atoms with E-state index >= 15 is 0 Å². The highest BCUT2D eigenvalue weighted by Crippen LogP contribution is 2.28. The van der Waals surface area contributed by atoms with Gasteiger partial charge in [-0.25, -0.2) is 9.69 Å². The van der Waals surface area contributed by atoms with Crippen molar-refractivity contribution in [1.29, 1.82) is 0 Å². The standard InChI is InChI=1S/C15H16N2O6/c1-21-11-5-4-9(7-12(11)22-2)6-10-14(19)17(15(20)16-10)8-13(18)23-3/h4-7H,8H2,1-3H3,(H,16,20). The van der Waals surface area contributed by atoms with Gasteiger partial charge >= 0.3 is 12.0 Å². The van der Waals surface area contributed by atoms with Crippen molar-refractivity contribution in [3.05, 3.63) is 29.5 Å². The van der Waals surface area contributed by atoms with E-state index < -0.39 is 24.5 Å². The first-order valence-electron chi connectivity index (χ1n) is 6.63. The highest BCUT2D eigenvalue weighted by atomic mass is 16.5. The van der Waals surface area contributed by atoms with Crippen molar-refractivity contribution in [3.63, 3.8) is 0 Å². The van der Waals surface area contributed by atoms with E-state index in [0.717, 1.165) is 4.90 Å². The monoisotopic (exact) mass is 320 g/mol. The lowest BCUT2D eigenvalue weighted by molar-refractivity contribution is -0.143. The number of esters is 1. The van der Waals surface area contributed by atoms with Gasteiger partial charge in [-0.1, -0.05) is 6.07 Å². The molecule has 8 nitrogen and oxygen atoms in total. The van der Waals surface area contributed by atoms with Crippen molar-refractivity contribution in [1.82, 2.24) is 10.2 Å². The number of urea groups is 1. The molecular formula is C15H16N2O6. The number of hydrogen-bond acceptors (Lipinski definition) is 6. The molecule has 122 valence electrons. The van der Waals surface area contributed by atoms with Crippen LogP contribution >= 0.6 is 0 Å². The zero-order chi connectivity index (χ0) is 17.0. The summed E-state index contributed by atoms with van der Waals surface area (Å²) in [5.41, 5.74) is 0.692. The highest BCUT2D eigenvalue weighted by molar-refractivity contribution is 6.15. The Morgan fingerprint density at radius 3 is 2.48 bits per heavy atom. The largest absolute Gasteiger partial charge is 0.493 e. The molecule has 23 heavy (non-hydrogen) atoms. The van der Waals surface area contributed by atoms with Crippen molar-refractivity contribution >= 4 is 24.0 Å². The van der Waals surface area contributed by atoms with E-state index in [9.17, 15) is 14.4 Å². The maximum absolute atomic E-state index is 12.2. The summed E-state index contributed by atoms with van der Waals surface area (Å²) in [6, 6.07) is 4.37. The molecule has 0 unspecified atom stereocenters. The predicted molar refractivity (Wildman–Crippen MR) is 79.8 cm³/mol. The molecule has 0 aliphatic carbocycles. The minimum absolute atomic E-state index is 0.0612. The molecule has 0 atom stereocenters. The molecule has 1 aliphatic rings. The molecule has 1 fully saturated rings. The van der Waals surface area contributed by atoms with Crippen molar-refractivity contribution < 1.29 is 28.6 Å². The first kappa shape index (κ1) is 16.3. The first-order chi connectivity index (χ1) is 11.0. The number of benzene rings is 1. The average Bonchev–Trinajstić information content (AvgIpc) is 2.82. The van der Waals surface area contributed by atoms with Gasteiger partial charge in [0.05, 0.1) is 21.3 Å². The summed E-state index contributed by atoms with van der Waals surface area (Å²) in [6.45, 7) is -0.440. The van der Waals surface area contributed by atoms with Crippen LogP contribution in [0.5, 0.6) is 11.5 Å². The summed E-state index contributed by atoms with van der Waals surface area (Å²) >= 11 is 0. The summed E-state index contributed by atoms with van der Waals surface area (Å²) in [6.07, 6.45) is 1.49. The Kier molecular flexibility index (Phi) is 4.85. The fourth-order valence-corrected chi connectivity index (χ4v) is 2.02. The van der Waals surface area contributed by atoms with Gasteiger partial charge in [0, 0.05) is 0 Å². The summed E-state index contributed by atoms with van der Waals surface area (Å²) in [5.74, 6) is -0.246. The molecule has 1 saturated heterocycles. The topological polar surface area (TPSA) is 94.2 Å². The molecular weight excluding hydrogens is 304 g/mol. The van der Waals surface area contributed by atoms with Crippen LogP contribution in [0, 0.1) is 0 Å². The summed E-state index contributed by atoms with van der Waals surface area (Å²) in [7, 11) is 4.19. The number of hydrogen-bond donors (Lipinski definition) is 1. The van der Waals surface area contributed by atoms with Gasteiger partial charge in [0.2, 0.25) is 0 Å². The number of amides is 3. The molecule has 1 N–H and O–H groups in total. The normalized spacial score (nSPS) is 15.6. The van der Waals surface area contributed by atoms with Crippen molar-refractivity contribution in [2.45, 2.75) is 0 Å². The maximum atomic E-state index is 12.2. The van der Waals surface area contributed by atoms with Crippen molar-refractivity contribution in [3.8, 4) is 11.5 Å². The fraction of sp³-hybridized carbons (Fsp3) is 0.267. The van der Waals surface area contributed by atoms with Gasteiger partial charge < -0.3 is 19.5 Å². The minimum atomic E-state index is -0.680. The Morgan fingerprint density at radius 1 is 1.17 bits per heavy atom. The van der Waals surface area contributed by atoms with E-state index in [1.165, 1.54) is 27.4 Å². The van der Waals surface area contributed by atoms with Gasteiger partial charge in [-0.05, 0) is 23.8 Å². The van der Waals surface area contributed by atoms with Crippen molar-refractivity contribution in [2.24, 2.45) is 0 Å². The van der Waals surface area contributed by atoms with Crippen LogP contribution in [0.3, 0.4) is 0 Å². The molecule has 0 saturated carbocycles. The zero-order valence-corrected chi connectivity index (χ0v) is 12.9. The van der Waals surface area contributed by atoms with Crippen LogP contribution in [0.2, 0.25) is 0 Å². The molecule has 1 heterocycles. The molecule has 0 spiro atoms. The molecule has 0 radical (unpaired) electrons. The lowest BCUT2D eigenvalue weighted by Crippen LogP contribution is -2.36. The van der Waals surface area contributed by atoms with Gasteiger partial charge in [-0.15, -0.1) is 0 Å². The molecule has 0 bridgehead atoms. The van der Waals surface area contributed by atoms with Crippen LogP contribution in [-0.4, -0.2) is 50.7 Å². The Morgan fingerprint density at radius 2 is 1.87 bits per heavy atom. The summed E-state index contributed by atoms with van der Waals surface area (Å²) in [5, 5.41) is 2.42. The van der Waals surface area contributed by atoms with E-state index in [1.54, 1.807) is 18.2 Å².